The van der Waals surface area contributed by atoms with Gasteiger partial charge in [-0.05, 0) is 97.8 Å². The van der Waals surface area contributed by atoms with E-state index >= 15 is 0 Å². The summed E-state index contributed by atoms with van der Waals surface area (Å²) in [4.78, 5) is 0. The number of fused-ring (bicyclic) bond motifs is 11. The highest BCUT2D eigenvalue weighted by Crippen LogP contribution is 2.66. The van der Waals surface area contributed by atoms with Crippen molar-refractivity contribution in [2.24, 2.45) is 10.8 Å². The van der Waals surface area contributed by atoms with Crippen LogP contribution in [0.5, 0.6) is 11.5 Å². The number of hydrogen-bond acceptors (Lipinski definition) is 2. The van der Waals surface area contributed by atoms with Gasteiger partial charge in [0.25, 0.3) is 0 Å². The lowest BCUT2D eigenvalue weighted by molar-refractivity contribution is 0.0642. The molecule has 3 aliphatic rings. The Balaban J connectivity index is 1.21. The van der Waals surface area contributed by atoms with E-state index in [1.54, 1.807) is 7.11 Å². The second-order valence-corrected chi connectivity index (χ2v) is 17.5. The van der Waals surface area contributed by atoms with Crippen molar-refractivity contribution in [3.8, 4) is 33.8 Å². The van der Waals surface area contributed by atoms with E-state index in [0.29, 0.717) is 0 Å². The fraction of sp³-hybridized carbons (Fsp3) is 0.231. The van der Waals surface area contributed by atoms with Crippen LogP contribution in [-0.2, 0) is 11.0 Å². The van der Waals surface area contributed by atoms with Gasteiger partial charge in [-0.1, -0.05) is 161 Å². The van der Waals surface area contributed by atoms with Crippen LogP contribution < -0.4 is 9.47 Å². The molecular formula is C52H46O2. The van der Waals surface area contributed by atoms with E-state index in [-0.39, 0.29) is 16.2 Å². The Bertz CT molecular complexity index is 2620. The first-order valence-electron chi connectivity index (χ1n) is 19.4. The Kier molecular flexibility index (Phi) is 7.15. The normalized spacial score (nSPS) is 19.9. The summed E-state index contributed by atoms with van der Waals surface area (Å²) in [5.74, 6) is 1.79. The number of rotatable bonds is 4. The van der Waals surface area contributed by atoms with E-state index in [0.717, 1.165) is 40.9 Å². The van der Waals surface area contributed by atoms with E-state index in [1.165, 1.54) is 61.5 Å². The Morgan fingerprint density at radius 3 is 1.87 bits per heavy atom. The maximum atomic E-state index is 7.73. The molecule has 2 nitrogen and oxygen atoms in total. The molecule has 2 heteroatoms. The first kappa shape index (κ1) is 33.0. The summed E-state index contributed by atoms with van der Waals surface area (Å²) in [5, 5.41) is 4.92. The van der Waals surface area contributed by atoms with Gasteiger partial charge in [-0.2, -0.15) is 0 Å². The maximum Gasteiger partial charge on any atom is 0.178 e. The molecule has 1 heterocycles. The number of benzene rings is 7. The van der Waals surface area contributed by atoms with Gasteiger partial charge in [0.15, 0.2) is 5.60 Å². The molecule has 2 aliphatic carbocycles. The standard InChI is InChI=1S/C52H46O2/c1-49(2)31-50(3,4)33-51(32-49)45-20-11-10-18-43(45)46-41-16-8-9-17-42(41)48-44(47(46)51)29-30-52(54-48,37-25-27-38(53-5)28-26-37)36-23-21-35(22-24-36)40-19-12-14-34-13-6-7-15-39(34)40/h6-30H,31-33H2,1-5H3. The first-order chi connectivity index (χ1) is 26.1. The van der Waals surface area contributed by atoms with Crippen molar-refractivity contribution < 1.29 is 9.47 Å². The van der Waals surface area contributed by atoms with Crippen LogP contribution in [0.15, 0.2) is 146 Å². The van der Waals surface area contributed by atoms with E-state index in [9.17, 15) is 0 Å². The zero-order valence-corrected chi connectivity index (χ0v) is 31.9. The highest BCUT2D eigenvalue weighted by molar-refractivity contribution is 6.08. The van der Waals surface area contributed by atoms with Gasteiger partial charge in [0.05, 0.1) is 7.11 Å². The summed E-state index contributed by atoms with van der Waals surface area (Å²) in [5.41, 5.74) is 10.8. The van der Waals surface area contributed by atoms with Crippen molar-refractivity contribution in [3.63, 3.8) is 0 Å². The van der Waals surface area contributed by atoms with E-state index in [4.69, 9.17) is 9.47 Å². The molecular weight excluding hydrogens is 657 g/mol. The van der Waals surface area contributed by atoms with Crippen LogP contribution in [0.4, 0.5) is 0 Å². The lowest BCUT2D eigenvalue weighted by Crippen LogP contribution is -2.44. The number of methoxy groups -OCH3 is 1. The zero-order valence-electron chi connectivity index (χ0n) is 31.9. The number of hydrogen-bond donors (Lipinski definition) is 0. The van der Waals surface area contributed by atoms with E-state index < -0.39 is 5.60 Å². The van der Waals surface area contributed by atoms with Gasteiger partial charge in [-0.25, -0.2) is 0 Å². The topological polar surface area (TPSA) is 18.5 Å². The zero-order chi connectivity index (χ0) is 36.9. The molecule has 10 rings (SSSR count). The smallest absolute Gasteiger partial charge is 0.178 e. The lowest BCUT2D eigenvalue weighted by Gasteiger charge is -2.52. The summed E-state index contributed by atoms with van der Waals surface area (Å²) in [6.45, 7) is 9.92. The molecule has 266 valence electrons. The summed E-state index contributed by atoms with van der Waals surface area (Å²) >= 11 is 0. The highest BCUT2D eigenvalue weighted by atomic mass is 16.5. The molecule has 0 N–H and O–H groups in total. The van der Waals surface area contributed by atoms with Crippen molar-refractivity contribution in [2.75, 3.05) is 7.11 Å². The molecule has 0 radical (unpaired) electrons. The van der Waals surface area contributed by atoms with Gasteiger partial charge >= 0.3 is 0 Å². The van der Waals surface area contributed by atoms with Crippen LogP contribution in [0.25, 0.3) is 49.9 Å². The van der Waals surface area contributed by atoms with Gasteiger partial charge in [0.1, 0.15) is 11.5 Å². The van der Waals surface area contributed by atoms with Crippen LogP contribution in [0.1, 0.15) is 74.8 Å². The molecule has 1 aliphatic heterocycles. The van der Waals surface area contributed by atoms with Gasteiger partial charge in [-0.15, -0.1) is 0 Å². The molecule has 0 aromatic heterocycles. The predicted octanol–water partition coefficient (Wildman–Crippen LogP) is 13.5. The van der Waals surface area contributed by atoms with Crippen molar-refractivity contribution in [1.82, 2.24) is 0 Å². The highest BCUT2D eigenvalue weighted by Gasteiger charge is 2.55. The van der Waals surface area contributed by atoms with Crippen molar-refractivity contribution in [2.45, 2.75) is 58.0 Å². The maximum absolute atomic E-state index is 7.73. The van der Waals surface area contributed by atoms with Gasteiger partial charge in [-0.3, -0.25) is 0 Å². The molecule has 0 amide bonds. The molecule has 0 saturated heterocycles. The monoisotopic (exact) mass is 702 g/mol. The SMILES string of the molecule is COc1ccc(C2(c3ccc(-c4cccc5ccccc45)cc3)C=Cc3c4c(c5ccccc5c3O2)-c2ccccc2C42CC(C)(C)CC(C)(C)C2)cc1. The van der Waals surface area contributed by atoms with Crippen LogP contribution in [0.3, 0.4) is 0 Å². The molecule has 7 aromatic carbocycles. The van der Waals surface area contributed by atoms with Gasteiger partial charge in [0.2, 0.25) is 0 Å². The van der Waals surface area contributed by atoms with Crippen LogP contribution in [0, 0.1) is 10.8 Å². The Morgan fingerprint density at radius 2 is 1.15 bits per heavy atom. The summed E-state index contributed by atoms with van der Waals surface area (Å²) in [6, 6.07) is 50.8. The first-order valence-corrected chi connectivity index (χ1v) is 19.4. The minimum absolute atomic E-state index is 0.126. The number of ether oxygens (including phenoxy) is 2. The van der Waals surface area contributed by atoms with E-state index in [1.807, 2.05) is 12.1 Å². The molecule has 1 atom stereocenters. The molecule has 7 aromatic rings. The molecule has 1 unspecified atom stereocenters. The molecule has 1 fully saturated rings. The fourth-order valence-electron chi connectivity index (χ4n) is 11.3. The quantitative estimate of drug-likeness (QED) is 0.182. The van der Waals surface area contributed by atoms with Crippen molar-refractivity contribution in [3.05, 3.63) is 173 Å². The molecule has 1 spiro atoms. The Hall–Kier alpha value is -5.60. The lowest BCUT2D eigenvalue weighted by atomic mass is 9.52. The molecule has 54 heavy (non-hydrogen) atoms. The minimum Gasteiger partial charge on any atom is -0.497 e. The summed E-state index contributed by atoms with van der Waals surface area (Å²) in [6.07, 6.45) is 8.15. The Morgan fingerprint density at radius 1 is 0.556 bits per heavy atom. The van der Waals surface area contributed by atoms with Crippen LogP contribution >= 0.6 is 0 Å². The second kappa shape index (κ2) is 11.7. The summed E-state index contributed by atoms with van der Waals surface area (Å²) < 4.78 is 13.4. The average Bonchev–Trinajstić information content (AvgIpc) is 3.45. The van der Waals surface area contributed by atoms with Crippen molar-refractivity contribution >= 4 is 27.6 Å². The average molecular weight is 703 g/mol. The van der Waals surface area contributed by atoms with Crippen LogP contribution in [0.2, 0.25) is 0 Å². The molecule has 0 bridgehead atoms. The van der Waals surface area contributed by atoms with Crippen molar-refractivity contribution in [1.29, 1.82) is 0 Å². The minimum atomic E-state index is -0.864. The third-order valence-electron chi connectivity index (χ3n) is 12.6. The summed E-state index contributed by atoms with van der Waals surface area (Å²) in [7, 11) is 1.72. The third-order valence-corrected chi connectivity index (χ3v) is 12.6. The second-order valence-electron chi connectivity index (χ2n) is 17.5. The van der Waals surface area contributed by atoms with Gasteiger partial charge < -0.3 is 9.47 Å². The third kappa shape index (κ3) is 4.85. The molecule has 1 saturated carbocycles. The Labute approximate surface area is 319 Å². The van der Waals surface area contributed by atoms with E-state index in [2.05, 4.69) is 167 Å². The van der Waals surface area contributed by atoms with Gasteiger partial charge in [0, 0.05) is 27.5 Å². The fourth-order valence-corrected chi connectivity index (χ4v) is 11.3. The largest absolute Gasteiger partial charge is 0.497 e. The van der Waals surface area contributed by atoms with Crippen LogP contribution in [-0.4, -0.2) is 7.11 Å². The predicted molar refractivity (Wildman–Crippen MR) is 224 cm³/mol.